The van der Waals surface area contributed by atoms with Gasteiger partial charge in [-0.2, -0.15) is 11.8 Å². The van der Waals surface area contributed by atoms with Gasteiger partial charge in [0.2, 0.25) is 0 Å². The van der Waals surface area contributed by atoms with Crippen LogP contribution in [0.3, 0.4) is 0 Å². The molecule has 0 aromatic heterocycles. The van der Waals surface area contributed by atoms with E-state index in [1.165, 1.54) is 11.0 Å². The maximum absolute atomic E-state index is 14.4. The number of thioether (sulfide) groups is 1. The van der Waals surface area contributed by atoms with Gasteiger partial charge >= 0.3 is 6.09 Å². The lowest BCUT2D eigenvalue weighted by Gasteiger charge is -2.29. The van der Waals surface area contributed by atoms with E-state index in [0.717, 1.165) is 24.6 Å². The molecule has 1 amide bonds. The van der Waals surface area contributed by atoms with E-state index >= 15 is 0 Å². The second kappa shape index (κ2) is 6.97. The molecule has 3 rings (SSSR count). The average molecular weight is 337 g/mol. The van der Waals surface area contributed by atoms with E-state index in [1.807, 2.05) is 16.7 Å². The number of hydrogen-bond donors (Lipinski definition) is 0. The van der Waals surface area contributed by atoms with Gasteiger partial charge in [0.05, 0.1) is 24.5 Å². The second-order valence-electron chi connectivity index (χ2n) is 5.26. The third kappa shape index (κ3) is 3.46. The summed E-state index contributed by atoms with van der Waals surface area (Å²) in [7, 11) is 0. The van der Waals surface area contributed by atoms with Gasteiger partial charge in [-0.25, -0.2) is 9.18 Å². The van der Waals surface area contributed by atoms with Crippen molar-refractivity contribution < 1.29 is 13.9 Å². The Morgan fingerprint density at radius 1 is 1.43 bits per heavy atom. The number of halogens is 1. The van der Waals surface area contributed by atoms with Crippen molar-refractivity contribution in [3.05, 3.63) is 34.5 Å². The zero-order valence-corrected chi connectivity index (χ0v) is 13.2. The van der Waals surface area contributed by atoms with E-state index < -0.39 is 12.2 Å². The fraction of sp³-hybridized carbons (Fsp3) is 0.500. The van der Waals surface area contributed by atoms with Gasteiger partial charge < -0.3 is 9.64 Å². The summed E-state index contributed by atoms with van der Waals surface area (Å²) in [6.45, 7) is 1.96. The summed E-state index contributed by atoms with van der Waals surface area (Å²) < 4.78 is 19.5. The highest BCUT2D eigenvalue weighted by Gasteiger charge is 2.32. The normalized spacial score (nSPS) is 21.1. The molecule has 1 aromatic carbocycles. The van der Waals surface area contributed by atoms with Crippen LogP contribution in [0.4, 0.5) is 20.6 Å². The number of ether oxygens (including phenoxy) is 1. The first kappa shape index (κ1) is 15.8. The van der Waals surface area contributed by atoms with Crippen LogP contribution in [0.25, 0.3) is 10.4 Å². The first-order chi connectivity index (χ1) is 11.2. The first-order valence-electron chi connectivity index (χ1n) is 7.30. The van der Waals surface area contributed by atoms with E-state index in [4.69, 9.17) is 10.3 Å². The van der Waals surface area contributed by atoms with Gasteiger partial charge in [0, 0.05) is 29.5 Å². The molecule has 2 saturated heterocycles. The highest BCUT2D eigenvalue weighted by Crippen LogP contribution is 2.29. The number of carbonyl (C=O) groups is 1. The lowest BCUT2D eigenvalue weighted by molar-refractivity contribution is 0.145. The third-order valence-electron chi connectivity index (χ3n) is 3.82. The van der Waals surface area contributed by atoms with Crippen LogP contribution >= 0.6 is 11.8 Å². The van der Waals surface area contributed by atoms with Crippen LogP contribution in [-0.4, -0.2) is 49.9 Å². The summed E-state index contributed by atoms with van der Waals surface area (Å²) in [6.07, 6.45) is -1.05. The van der Waals surface area contributed by atoms with Gasteiger partial charge in [0.1, 0.15) is 11.9 Å². The Kier molecular flexibility index (Phi) is 4.78. The molecular weight excluding hydrogens is 321 g/mol. The van der Waals surface area contributed by atoms with E-state index in [2.05, 4.69) is 10.0 Å². The molecule has 0 aliphatic carbocycles. The number of amides is 1. The van der Waals surface area contributed by atoms with E-state index in [1.54, 1.807) is 12.1 Å². The van der Waals surface area contributed by atoms with E-state index in [9.17, 15) is 9.18 Å². The number of benzene rings is 1. The molecule has 0 N–H and O–H groups in total. The number of azide groups is 1. The predicted molar refractivity (Wildman–Crippen MR) is 87.6 cm³/mol. The minimum absolute atomic E-state index is 0.0742. The zero-order valence-electron chi connectivity index (χ0n) is 12.4. The largest absolute Gasteiger partial charge is 0.444 e. The molecule has 2 aliphatic heterocycles. The Morgan fingerprint density at radius 2 is 2.22 bits per heavy atom. The van der Waals surface area contributed by atoms with Gasteiger partial charge in [0.15, 0.2) is 0 Å². The maximum atomic E-state index is 14.4. The van der Waals surface area contributed by atoms with Crippen LogP contribution < -0.4 is 9.80 Å². The Morgan fingerprint density at radius 3 is 2.91 bits per heavy atom. The molecule has 9 heteroatoms. The fourth-order valence-electron chi connectivity index (χ4n) is 2.68. The number of nitrogens with zero attached hydrogens (tertiary/aromatic N) is 5. The van der Waals surface area contributed by atoms with Gasteiger partial charge in [0.25, 0.3) is 0 Å². The second-order valence-corrected chi connectivity index (χ2v) is 6.49. The van der Waals surface area contributed by atoms with Crippen molar-refractivity contribution in [3.63, 3.8) is 0 Å². The summed E-state index contributed by atoms with van der Waals surface area (Å²) >= 11 is 1.86. The molecule has 0 unspecified atom stereocenters. The van der Waals surface area contributed by atoms with E-state index in [-0.39, 0.29) is 18.9 Å². The minimum Gasteiger partial charge on any atom is -0.444 e. The number of anilines is 2. The Labute approximate surface area is 137 Å². The summed E-state index contributed by atoms with van der Waals surface area (Å²) in [4.78, 5) is 17.9. The maximum Gasteiger partial charge on any atom is 0.414 e. The lowest BCUT2D eigenvalue weighted by Crippen LogP contribution is -2.33. The summed E-state index contributed by atoms with van der Waals surface area (Å²) in [5, 5.41) is 3.40. The fourth-order valence-corrected chi connectivity index (χ4v) is 3.58. The Balaban J connectivity index is 1.74. The monoisotopic (exact) mass is 337 g/mol. The topological polar surface area (TPSA) is 81.5 Å². The van der Waals surface area contributed by atoms with Crippen molar-refractivity contribution in [2.24, 2.45) is 5.11 Å². The molecule has 122 valence electrons. The smallest absolute Gasteiger partial charge is 0.414 e. The average Bonchev–Trinajstić information content (AvgIpc) is 2.94. The van der Waals surface area contributed by atoms with Gasteiger partial charge in [-0.15, -0.1) is 0 Å². The molecule has 2 aliphatic rings. The number of rotatable bonds is 4. The van der Waals surface area contributed by atoms with Gasteiger partial charge in [-0.05, 0) is 23.7 Å². The van der Waals surface area contributed by atoms with Crippen LogP contribution in [0, 0.1) is 5.82 Å². The quantitative estimate of drug-likeness (QED) is 0.480. The molecule has 1 aromatic rings. The molecule has 2 fully saturated rings. The van der Waals surface area contributed by atoms with Gasteiger partial charge in [-0.3, -0.25) is 4.90 Å². The molecule has 1 atom stereocenters. The van der Waals surface area contributed by atoms with Crippen LogP contribution in [0.1, 0.15) is 0 Å². The molecule has 2 heterocycles. The van der Waals surface area contributed by atoms with Crippen molar-refractivity contribution in [2.45, 2.75) is 6.10 Å². The SMILES string of the molecule is [N-]=[N+]=NC[C@H]1CN(c2ccc(N3CCSCC3)c(F)c2)C(=O)O1. The zero-order chi connectivity index (χ0) is 16.2. The van der Waals surface area contributed by atoms with Crippen molar-refractivity contribution in [2.75, 3.05) is 47.5 Å². The molecule has 23 heavy (non-hydrogen) atoms. The molecule has 0 spiro atoms. The predicted octanol–water partition coefficient (Wildman–Crippen LogP) is 3.01. The highest BCUT2D eigenvalue weighted by atomic mass is 32.2. The van der Waals surface area contributed by atoms with E-state index in [0.29, 0.717) is 11.4 Å². The summed E-state index contributed by atoms with van der Waals surface area (Å²) in [5.74, 6) is 1.63. The number of hydrogen-bond acceptors (Lipinski definition) is 5. The first-order valence-corrected chi connectivity index (χ1v) is 8.46. The number of cyclic esters (lactones) is 1. The van der Waals surface area contributed by atoms with Crippen LogP contribution in [0.2, 0.25) is 0 Å². The minimum atomic E-state index is -0.551. The van der Waals surface area contributed by atoms with Crippen LogP contribution in [0.5, 0.6) is 0 Å². The van der Waals surface area contributed by atoms with Crippen molar-refractivity contribution >= 4 is 29.2 Å². The highest BCUT2D eigenvalue weighted by molar-refractivity contribution is 7.99. The Hall–Kier alpha value is -2.12. The van der Waals surface area contributed by atoms with Crippen LogP contribution in [0.15, 0.2) is 23.3 Å². The van der Waals surface area contributed by atoms with Crippen molar-refractivity contribution in [1.82, 2.24) is 0 Å². The van der Waals surface area contributed by atoms with Gasteiger partial charge in [-0.1, -0.05) is 5.11 Å². The molecular formula is C14H16FN5O2S. The van der Waals surface area contributed by atoms with Crippen molar-refractivity contribution in [1.29, 1.82) is 0 Å². The van der Waals surface area contributed by atoms with Crippen LogP contribution in [-0.2, 0) is 4.74 Å². The standard InChI is InChI=1S/C14H16FN5O2S/c15-12-7-10(1-2-13(12)19-3-5-23-6-4-19)20-9-11(8-17-18-16)22-14(20)21/h1-2,7,11H,3-6,8-9H2/t11-/m0/s1. The third-order valence-corrected chi connectivity index (χ3v) is 4.76. The summed E-state index contributed by atoms with van der Waals surface area (Å²) in [6, 6.07) is 4.78. The number of carbonyl (C=O) groups excluding carboxylic acids is 1. The molecule has 7 nitrogen and oxygen atoms in total. The molecule has 0 bridgehead atoms. The molecule has 0 radical (unpaired) electrons. The Bertz CT molecular complexity index is 646. The molecule has 0 saturated carbocycles. The lowest BCUT2D eigenvalue weighted by atomic mass is 10.2. The summed E-state index contributed by atoms with van der Waals surface area (Å²) in [5.41, 5.74) is 9.33. The van der Waals surface area contributed by atoms with Crippen molar-refractivity contribution in [3.8, 4) is 0 Å².